The van der Waals surface area contributed by atoms with E-state index in [1.54, 1.807) is 7.11 Å². The number of anilines is 1. The summed E-state index contributed by atoms with van der Waals surface area (Å²) in [7, 11) is 1.61. The number of carbonyl (C=O) groups excluding carboxylic acids is 1. The van der Waals surface area contributed by atoms with Crippen molar-refractivity contribution in [3.05, 3.63) is 28.2 Å². The van der Waals surface area contributed by atoms with Crippen LogP contribution in [-0.4, -0.2) is 31.7 Å². The lowest BCUT2D eigenvalue weighted by molar-refractivity contribution is -0.140. The summed E-state index contributed by atoms with van der Waals surface area (Å²) in [4.78, 5) is 12.4. The largest absolute Gasteiger partial charge is 0.368 e. The van der Waals surface area contributed by atoms with Gasteiger partial charge in [-0.15, -0.1) is 0 Å². The van der Waals surface area contributed by atoms with Gasteiger partial charge in [0.1, 0.15) is 5.60 Å². The molecular weight excluding hydrogens is 308 g/mol. The molecule has 104 valence electrons. The number of methoxy groups -OCH3 is 1. The number of piperidine rings is 1. The maximum atomic E-state index is 12.4. The summed E-state index contributed by atoms with van der Waals surface area (Å²) in [6.07, 6.45) is 1.40. The maximum Gasteiger partial charge on any atom is 0.256 e. The van der Waals surface area contributed by atoms with Crippen molar-refractivity contribution in [2.45, 2.75) is 25.4 Å². The number of aryl methyl sites for hydroxylation is 1. The SMILES string of the molecule is COC1(C(=O)Nc2ccc(Br)c(C)c2)CCNCC1. The summed E-state index contributed by atoms with van der Waals surface area (Å²) >= 11 is 3.45. The van der Waals surface area contributed by atoms with Gasteiger partial charge in [-0.3, -0.25) is 4.79 Å². The van der Waals surface area contributed by atoms with Gasteiger partial charge in [0.05, 0.1) is 0 Å². The van der Waals surface area contributed by atoms with Gasteiger partial charge in [-0.2, -0.15) is 0 Å². The molecule has 1 aliphatic rings. The van der Waals surface area contributed by atoms with E-state index >= 15 is 0 Å². The Bertz CT molecular complexity index is 471. The van der Waals surface area contributed by atoms with Gasteiger partial charge >= 0.3 is 0 Å². The van der Waals surface area contributed by atoms with Crippen LogP contribution in [0.1, 0.15) is 18.4 Å². The van der Waals surface area contributed by atoms with Crippen LogP contribution in [0.15, 0.2) is 22.7 Å². The fraction of sp³-hybridized carbons (Fsp3) is 0.500. The lowest BCUT2D eigenvalue weighted by atomic mass is 9.91. The molecule has 1 aromatic carbocycles. The molecule has 19 heavy (non-hydrogen) atoms. The highest BCUT2D eigenvalue weighted by Gasteiger charge is 2.39. The van der Waals surface area contributed by atoms with E-state index in [0.717, 1.165) is 28.8 Å². The molecule has 1 fully saturated rings. The Morgan fingerprint density at radius 3 is 2.68 bits per heavy atom. The van der Waals surface area contributed by atoms with E-state index < -0.39 is 5.60 Å². The molecule has 2 rings (SSSR count). The number of amides is 1. The minimum absolute atomic E-state index is 0.0572. The van der Waals surface area contributed by atoms with Crippen LogP contribution in [0.5, 0.6) is 0 Å². The molecule has 1 aromatic rings. The molecule has 0 unspecified atom stereocenters. The van der Waals surface area contributed by atoms with Crippen LogP contribution in [0.3, 0.4) is 0 Å². The van der Waals surface area contributed by atoms with Crippen LogP contribution in [0.4, 0.5) is 5.69 Å². The molecule has 0 atom stereocenters. The molecule has 1 aliphatic heterocycles. The molecule has 2 N–H and O–H groups in total. The molecule has 1 heterocycles. The lowest BCUT2D eigenvalue weighted by Gasteiger charge is -2.34. The van der Waals surface area contributed by atoms with Crippen LogP contribution in [0, 0.1) is 6.92 Å². The van der Waals surface area contributed by atoms with Crippen molar-refractivity contribution in [1.82, 2.24) is 5.32 Å². The number of nitrogens with one attached hydrogen (secondary N) is 2. The van der Waals surface area contributed by atoms with Crippen molar-refractivity contribution in [2.24, 2.45) is 0 Å². The quantitative estimate of drug-likeness (QED) is 0.897. The zero-order valence-electron chi connectivity index (χ0n) is 11.3. The van der Waals surface area contributed by atoms with Crippen LogP contribution in [-0.2, 0) is 9.53 Å². The monoisotopic (exact) mass is 326 g/mol. The summed E-state index contributed by atoms with van der Waals surface area (Å²) in [5.41, 5.74) is 1.20. The van der Waals surface area contributed by atoms with Crippen LogP contribution in [0.25, 0.3) is 0 Å². The predicted molar refractivity (Wildman–Crippen MR) is 79.4 cm³/mol. The molecule has 1 saturated heterocycles. The summed E-state index contributed by atoms with van der Waals surface area (Å²) < 4.78 is 6.54. The Morgan fingerprint density at radius 2 is 2.11 bits per heavy atom. The van der Waals surface area contributed by atoms with Gasteiger partial charge in [-0.25, -0.2) is 0 Å². The number of ether oxygens (including phenoxy) is 1. The smallest absolute Gasteiger partial charge is 0.256 e. The number of halogens is 1. The molecule has 4 nitrogen and oxygen atoms in total. The fourth-order valence-electron chi connectivity index (χ4n) is 2.32. The molecule has 5 heteroatoms. The molecule has 1 amide bonds. The van der Waals surface area contributed by atoms with E-state index in [9.17, 15) is 4.79 Å². The highest BCUT2D eigenvalue weighted by molar-refractivity contribution is 9.10. The Kier molecular flexibility index (Phi) is 4.60. The van der Waals surface area contributed by atoms with Gasteiger partial charge in [-0.1, -0.05) is 15.9 Å². The van der Waals surface area contributed by atoms with E-state index in [1.807, 2.05) is 25.1 Å². The third-order valence-electron chi connectivity index (χ3n) is 3.63. The van der Waals surface area contributed by atoms with Crippen molar-refractivity contribution in [2.75, 3.05) is 25.5 Å². The van der Waals surface area contributed by atoms with Gasteiger partial charge in [0.15, 0.2) is 0 Å². The number of hydrogen-bond donors (Lipinski definition) is 2. The van der Waals surface area contributed by atoms with E-state index in [2.05, 4.69) is 26.6 Å². The van der Waals surface area contributed by atoms with Crippen LogP contribution in [0.2, 0.25) is 0 Å². The number of carbonyl (C=O) groups is 1. The molecule has 0 aromatic heterocycles. The third-order valence-corrected chi connectivity index (χ3v) is 4.52. The first kappa shape index (κ1) is 14.5. The van der Waals surface area contributed by atoms with Crippen molar-refractivity contribution < 1.29 is 9.53 Å². The van der Waals surface area contributed by atoms with E-state index in [4.69, 9.17) is 4.74 Å². The van der Waals surface area contributed by atoms with Crippen molar-refractivity contribution in [1.29, 1.82) is 0 Å². The number of benzene rings is 1. The average molecular weight is 327 g/mol. The standard InChI is InChI=1S/C14H19BrN2O2/c1-10-9-11(3-4-12(10)15)17-13(18)14(19-2)5-7-16-8-6-14/h3-4,9,16H,5-8H2,1-2H3,(H,17,18). The second-order valence-corrected chi connectivity index (χ2v) is 5.72. The summed E-state index contributed by atoms with van der Waals surface area (Å²) in [6, 6.07) is 5.78. The minimum Gasteiger partial charge on any atom is -0.368 e. The lowest BCUT2D eigenvalue weighted by Crippen LogP contribution is -2.51. The zero-order chi connectivity index (χ0) is 13.9. The minimum atomic E-state index is -0.702. The van der Waals surface area contributed by atoms with Crippen molar-refractivity contribution in [3.63, 3.8) is 0 Å². The maximum absolute atomic E-state index is 12.4. The fourth-order valence-corrected chi connectivity index (χ4v) is 2.57. The molecular formula is C14H19BrN2O2. The first-order valence-corrected chi connectivity index (χ1v) is 7.20. The number of rotatable bonds is 3. The van der Waals surface area contributed by atoms with Gasteiger partial charge in [0, 0.05) is 17.3 Å². The second kappa shape index (κ2) is 6.03. The first-order valence-electron chi connectivity index (χ1n) is 6.41. The first-order chi connectivity index (χ1) is 9.07. The predicted octanol–water partition coefficient (Wildman–Crippen LogP) is 2.46. The van der Waals surface area contributed by atoms with Gasteiger partial charge in [0.2, 0.25) is 0 Å². The number of hydrogen-bond acceptors (Lipinski definition) is 3. The second-order valence-electron chi connectivity index (χ2n) is 4.87. The highest BCUT2D eigenvalue weighted by atomic mass is 79.9. The van der Waals surface area contributed by atoms with Gasteiger partial charge in [0.25, 0.3) is 5.91 Å². The summed E-state index contributed by atoms with van der Waals surface area (Å²) in [5.74, 6) is -0.0572. The molecule has 0 bridgehead atoms. The van der Waals surface area contributed by atoms with Crippen LogP contribution >= 0.6 is 15.9 Å². The Hall–Kier alpha value is -0.910. The van der Waals surface area contributed by atoms with E-state index in [-0.39, 0.29) is 5.91 Å². The third kappa shape index (κ3) is 3.16. The van der Waals surface area contributed by atoms with Gasteiger partial charge < -0.3 is 15.4 Å². The van der Waals surface area contributed by atoms with Crippen LogP contribution < -0.4 is 10.6 Å². The Labute approximate surface area is 122 Å². The van der Waals surface area contributed by atoms with Gasteiger partial charge in [-0.05, 0) is 56.6 Å². The van der Waals surface area contributed by atoms with Crippen molar-refractivity contribution >= 4 is 27.5 Å². The highest BCUT2D eigenvalue weighted by Crippen LogP contribution is 2.26. The topological polar surface area (TPSA) is 50.4 Å². The zero-order valence-corrected chi connectivity index (χ0v) is 12.8. The normalized spacial score (nSPS) is 18.1. The van der Waals surface area contributed by atoms with Crippen molar-refractivity contribution in [3.8, 4) is 0 Å². The summed E-state index contributed by atoms with van der Waals surface area (Å²) in [5, 5.41) is 6.20. The Morgan fingerprint density at radius 1 is 1.42 bits per heavy atom. The molecule has 0 radical (unpaired) electrons. The molecule has 0 saturated carbocycles. The molecule has 0 aliphatic carbocycles. The summed E-state index contributed by atoms with van der Waals surface area (Å²) in [6.45, 7) is 3.61. The average Bonchev–Trinajstić information content (AvgIpc) is 2.43. The van der Waals surface area contributed by atoms with E-state index in [1.165, 1.54) is 0 Å². The van der Waals surface area contributed by atoms with E-state index in [0.29, 0.717) is 12.8 Å². The Balaban J connectivity index is 2.12. The molecule has 0 spiro atoms.